The average Bonchev–Trinajstić information content (AvgIpc) is 3.16. The van der Waals surface area contributed by atoms with E-state index in [2.05, 4.69) is 4.98 Å². The Morgan fingerprint density at radius 2 is 1.71 bits per heavy atom. The molecule has 0 radical (unpaired) electrons. The lowest BCUT2D eigenvalue weighted by Gasteiger charge is -2.17. The predicted molar refractivity (Wildman–Crippen MR) is 111 cm³/mol. The third-order valence-corrected chi connectivity index (χ3v) is 5.16. The molecule has 0 aliphatic carbocycles. The Kier molecular flexibility index (Phi) is 6.55. The maximum Gasteiger partial charge on any atom is 0.306 e. The Labute approximate surface area is 168 Å². The molecule has 0 saturated carbocycles. The highest BCUT2D eigenvalue weighted by Gasteiger charge is 2.18. The van der Waals surface area contributed by atoms with Gasteiger partial charge in [0.05, 0.1) is 17.8 Å². The van der Waals surface area contributed by atoms with E-state index in [1.165, 1.54) is 18.3 Å². The van der Waals surface area contributed by atoms with Gasteiger partial charge in [-0.25, -0.2) is 4.98 Å². The molecule has 144 valence electrons. The number of carbonyl (C=O) groups is 2. The Bertz CT molecular complexity index is 925. The summed E-state index contributed by atoms with van der Waals surface area (Å²) in [6, 6.07) is 19.2. The summed E-state index contributed by atoms with van der Waals surface area (Å²) >= 11 is 1.35. The first kappa shape index (κ1) is 19.8. The fraction of sp³-hybridized carbons (Fsp3) is 0.227. The molecular weight excluding hydrogens is 372 g/mol. The van der Waals surface area contributed by atoms with Crippen LogP contribution in [0.25, 0.3) is 0 Å². The second-order valence-corrected chi connectivity index (χ2v) is 7.32. The molecule has 2 aromatic carbocycles. The van der Waals surface area contributed by atoms with Crippen LogP contribution in [-0.2, 0) is 20.9 Å². The molecule has 1 atom stereocenters. The summed E-state index contributed by atoms with van der Waals surface area (Å²) in [5, 5.41) is 2.37. The standard InChI is InChI=1S/C22H22N2O3S/c1-16(18-9-5-3-6-10-18)13-21(26)27-14-19-15-28-22(23-19)24(17(2)25)20-11-7-4-8-12-20/h3-12,15-16H,13-14H2,1-2H3/t16-/m0/s1. The SMILES string of the molecule is CC(=O)N(c1ccccc1)c1nc(COC(=O)C[C@H](C)c2ccccc2)cs1. The van der Waals surface area contributed by atoms with Gasteiger partial charge in [0.15, 0.2) is 5.13 Å². The van der Waals surface area contributed by atoms with Crippen molar-refractivity contribution in [3.63, 3.8) is 0 Å². The number of rotatable bonds is 7. The molecule has 5 nitrogen and oxygen atoms in total. The third kappa shape index (κ3) is 5.04. The second kappa shape index (κ2) is 9.28. The summed E-state index contributed by atoms with van der Waals surface area (Å²) in [6.45, 7) is 3.60. The predicted octanol–water partition coefficient (Wildman–Crippen LogP) is 5.06. The van der Waals surface area contributed by atoms with Crippen LogP contribution >= 0.6 is 11.3 Å². The van der Waals surface area contributed by atoms with Crippen molar-refractivity contribution in [1.82, 2.24) is 4.98 Å². The minimum Gasteiger partial charge on any atom is -0.459 e. The number of esters is 1. The first-order chi connectivity index (χ1) is 13.5. The van der Waals surface area contributed by atoms with Crippen LogP contribution in [0.3, 0.4) is 0 Å². The van der Waals surface area contributed by atoms with Gasteiger partial charge in [0.1, 0.15) is 6.61 Å². The van der Waals surface area contributed by atoms with E-state index in [1.807, 2.05) is 73.0 Å². The monoisotopic (exact) mass is 394 g/mol. The van der Waals surface area contributed by atoms with Crippen LogP contribution in [-0.4, -0.2) is 16.9 Å². The number of ether oxygens (including phenoxy) is 1. The first-order valence-electron chi connectivity index (χ1n) is 9.05. The van der Waals surface area contributed by atoms with Gasteiger partial charge in [-0.2, -0.15) is 0 Å². The van der Waals surface area contributed by atoms with Crippen molar-refractivity contribution >= 4 is 34.0 Å². The Balaban J connectivity index is 1.60. The van der Waals surface area contributed by atoms with E-state index in [9.17, 15) is 9.59 Å². The smallest absolute Gasteiger partial charge is 0.306 e. The van der Waals surface area contributed by atoms with Crippen LogP contribution in [0, 0.1) is 0 Å². The number of amides is 1. The summed E-state index contributed by atoms with van der Waals surface area (Å²) in [5.41, 5.74) is 2.49. The van der Waals surface area contributed by atoms with Crippen LogP contribution in [0.4, 0.5) is 10.8 Å². The van der Waals surface area contributed by atoms with Gasteiger partial charge in [-0.05, 0) is 23.6 Å². The maximum absolute atomic E-state index is 12.2. The van der Waals surface area contributed by atoms with Gasteiger partial charge in [-0.15, -0.1) is 11.3 Å². The van der Waals surface area contributed by atoms with Crippen LogP contribution in [0.15, 0.2) is 66.0 Å². The van der Waals surface area contributed by atoms with Crippen molar-refractivity contribution in [3.05, 3.63) is 77.3 Å². The fourth-order valence-corrected chi connectivity index (χ4v) is 3.70. The van der Waals surface area contributed by atoms with Gasteiger partial charge >= 0.3 is 5.97 Å². The zero-order valence-corrected chi connectivity index (χ0v) is 16.7. The summed E-state index contributed by atoms with van der Waals surface area (Å²) in [5.74, 6) is -0.302. The quantitative estimate of drug-likeness (QED) is 0.525. The molecule has 0 aliphatic heterocycles. The van der Waals surface area contributed by atoms with Gasteiger partial charge in [0.25, 0.3) is 0 Å². The number of aromatic nitrogens is 1. The molecule has 0 fully saturated rings. The number of hydrogen-bond donors (Lipinski definition) is 0. The largest absolute Gasteiger partial charge is 0.459 e. The van der Waals surface area contributed by atoms with E-state index in [0.717, 1.165) is 11.3 Å². The van der Waals surface area contributed by atoms with Gasteiger partial charge in [-0.3, -0.25) is 14.5 Å². The summed E-state index contributed by atoms with van der Waals surface area (Å²) in [4.78, 5) is 30.3. The number of benzene rings is 2. The van der Waals surface area contributed by atoms with E-state index in [-0.39, 0.29) is 24.4 Å². The van der Waals surface area contributed by atoms with Crippen LogP contribution in [0.2, 0.25) is 0 Å². The summed E-state index contributed by atoms with van der Waals surface area (Å²) < 4.78 is 5.38. The minimum absolute atomic E-state index is 0.0889. The molecular formula is C22H22N2O3S. The highest BCUT2D eigenvalue weighted by atomic mass is 32.1. The van der Waals surface area contributed by atoms with Crippen molar-refractivity contribution in [3.8, 4) is 0 Å². The number of thiazole rings is 1. The molecule has 1 amide bonds. The lowest BCUT2D eigenvalue weighted by atomic mass is 9.98. The van der Waals surface area contributed by atoms with E-state index in [1.54, 1.807) is 4.90 Å². The van der Waals surface area contributed by atoms with Crippen molar-refractivity contribution in [2.45, 2.75) is 32.8 Å². The molecule has 0 spiro atoms. The average molecular weight is 394 g/mol. The molecule has 0 bridgehead atoms. The lowest BCUT2D eigenvalue weighted by molar-refractivity contribution is -0.145. The van der Waals surface area contributed by atoms with E-state index >= 15 is 0 Å². The van der Waals surface area contributed by atoms with Crippen molar-refractivity contribution in [1.29, 1.82) is 0 Å². The molecule has 0 unspecified atom stereocenters. The van der Waals surface area contributed by atoms with Crippen molar-refractivity contribution < 1.29 is 14.3 Å². The summed E-state index contributed by atoms with van der Waals surface area (Å²) in [6.07, 6.45) is 0.310. The van der Waals surface area contributed by atoms with Crippen LogP contribution in [0.5, 0.6) is 0 Å². The molecule has 1 aromatic heterocycles. The molecule has 6 heteroatoms. The van der Waals surface area contributed by atoms with Gasteiger partial charge in [-0.1, -0.05) is 55.5 Å². The molecule has 0 saturated heterocycles. The zero-order valence-electron chi connectivity index (χ0n) is 15.9. The molecule has 0 N–H and O–H groups in total. The molecule has 28 heavy (non-hydrogen) atoms. The van der Waals surface area contributed by atoms with E-state index in [0.29, 0.717) is 17.2 Å². The third-order valence-electron chi connectivity index (χ3n) is 4.28. The van der Waals surface area contributed by atoms with E-state index < -0.39 is 0 Å². The Morgan fingerprint density at radius 3 is 2.36 bits per heavy atom. The second-order valence-electron chi connectivity index (χ2n) is 6.49. The number of anilines is 2. The molecule has 0 aliphatic rings. The van der Waals surface area contributed by atoms with Crippen LogP contribution < -0.4 is 4.90 Å². The fourth-order valence-electron chi connectivity index (χ4n) is 2.83. The Hall–Kier alpha value is -2.99. The minimum atomic E-state index is -0.266. The first-order valence-corrected chi connectivity index (χ1v) is 9.93. The topological polar surface area (TPSA) is 59.5 Å². The molecule has 1 heterocycles. The van der Waals surface area contributed by atoms with Gasteiger partial charge < -0.3 is 4.74 Å². The van der Waals surface area contributed by atoms with Crippen molar-refractivity contribution in [2.75, 3.05) is 4.90 Å². The number of hydrogen-bond acceptors (Lipinski definition) is 5. The molecule has 3 aromatic rings. The molecule has 3 rings (SSSR count). The number of para-hydroxylation sites is 1. The van der Waals surface area contributed by atoms with Crippen molar-refractivity contribution in [2.24, 2.45) is 0 Å². The number of carbonyl (C=O) groups excluding carboxylic acids is 2. The lowest BCUT2D eigenvalue weighted by Crippen LogP contribution is -2.22. The highest BCUT2D eigenvalue weighted by Crippen LogP contribution is 2.29. The highest BCUT2D eigenvalue weighted by molar-refractivity contribution is 7.14. The zero-order chi connectivity index (χ0) is 19.9. The van der Waals surface area contributed by atoms with Crippen LogP contribution in [0.1, 0.15) is 37.4 Å². The Morgan fingerprint density at radius 1 is 1.07 bits per heavy atom. The van der Waals surface area contributed by atoms with E-state index in [4.69, 9.17) is 4.74 Å². The normalized spacial score (nSPS) is 11.6. The number of nitrogens with zero attached hydrogens (tertiary/aromatic N) is 2. The summed E-state index contributed by atoms with van der Waals surface area (Å²) in [7, 11) is 0. The van der Waals surface area contributed by atoms with Gasteiger partial charge in [0, 0.05) is 12.3 Å². The van der Waals surface area contributed by atoms with Gasteiger partial charge in [0.2, 0.25) is 5.91 Å². The maximum atomic E-state index is 12.2.